The molecule has 0 aliphatic rings. The van der Waals surface area contributed by atoms with Gasteiger partial charge < -0.3 is 15.5 Å². The monoisotopic (exact) mass is 242 g/mol. The SMILES string of the molecule is CCC(N)CSCC(=O)NCc1ccco1. The fourth-order valence-electron chi connectivity index (χ4n) is 1.07. The van der Waals surface area contributed by atoms with E-state index in [2.05, 4.69) is 5.32 Å². The number of hydrogen-bond donors (Lipinski definition) is 2. The molecule has 1 atom stereocenters. The lowest BCUT2D eigenvalue weighted by Gasteiger charge is -2.07. The largest absolute Gasteiger partial charge is 0.467 e. The van der Waals surface area contributed by atoms with E-state index in [0.29, 0.717) is 12.3 Å². The molecule has 0 saturated heterocycles. The molecule has 3 N–H and O–H groups in total. The lowest BCUT2D eigenvalue weighted by molar-refractivity contribution is -0.118. The molecule has 1 aromatic rings. The van der Waals surface area contributed by atoms with E-state index in [-0.39, 0.29) is 11.9 Å². The maximum absolute atomic E-state index is 11.4. The van der Waals surface area contributed by atoms with Crippen molar-refractivity contribution in [2.75, 3.05) is 11.5 Å². The van der Waals surface area contributed by atoms with Crippen molar-refractivity contribution in [2.45, 2.75) is 25.9 Å². The Morgan fingerprint density at radius 3 is 3.12 bits per heavy atom. The average molecular weight is 242 g/mol. The van der Waals surface area contributed by atoms with Gasteiger partial charge in [-0.1, -0.05) is 6.92 Å². The van der Waals surface area contributed by atoms with Crippen molar-refractivity contribution in [1.29, 1.82) is 0 Å². The van der Waals surface area contributed by atoms with Crippen molar-refractivity contribution in [3.8, 4) is 0 Å². The average Bonchev–Trinajstić information content (AvgIpc) is 2.79. The first-order valence-corrected chi connectivity index (χ1v) is 6.50. The van der Waals surface area contributed by atoms with Gasteiger partial charge in [0, 0.05) is 11.8 Å². The van der Waals surface area contributed by atoms with Gasteiger partial charge in [-0.3, -0.25) is 4.79 Å². The number of nitrogens with two attached hydrogens (primary N) is 1. The molecule has 0 fully saturated rings. The predicted molar refractivity (Wildman–Crippen MR) is 66.1 cm³/mol. The normalized spacial score (nSPS) is 12.4. The highest BCUT2D eigenvalue weighted by Gasteiger charge is 2.04. The minimum atomic E-state index is 0.0182. The van der Waals surface area contributed by atoms with E-state index in [1.807, 2.05) is 13.0 Å². The summed E-state index contributed by atoms with van der Waals surface area (Å²) in [4.78, 5) is 11.4. The van der Waals surface area contributed by atoms with Crippen LogP contribution < -0.4 is 11.1 Å². The first-order valence-electron chi connectivity index (χ1n) is 5.34. The van der Waals surface area contributed by atoms with Crippen molar-refractivity contribution in [1.82, 2.24) is 5.32 Å². The van der Waals surface area contributed by atoms with Gasteiger partial charge in [-0.2, -0.15) is 11.8 Å². The summed E-state index contributed by atoms with van der Waals surface area (Å²) in [5.41, 5.74) is 5.74. The molecule has 0 radical (unpaired) electrons. The standard InChI is InChI=1S/C11H18N2O2S/c1-2-9(12)7-16-8-11(14)13-6-10-4-3-5-15-10/h3-5,9H,2,6-8,12H2,1H3,(H,13,14). The highest BCUT2D eigenvalue weighted by atomic mass is 32.2. The number of rotatable bonds is 7. The van der Waals surface area contributed by atoms with Crippen LogP contribution in [0.3, 0.4) is 0 Å². The summed E-state index contributed by atoms with van der Waals surface area (Å²) < 4.78 is 5.10. The third-order valence-electron chi connectivity index (χ3n) is 2.13. The Morgan fingerprint density at radius 2 is 2.50 bits per heavy atom. The summed E-state index contributed by atoms with van der Waals surface area (Å²) in [6.07, 6.45) is 2.54. The third-order valence-corrected chi connectivity index (χ3v) is 3.26. The molecule has 1 aromatic heterocycles. The van der Waals surface area contributed by atoms with E-state index < -0.39 is 0 Å². The van der Waals surface area contributed by atoms with Crippen LogP contribution in [0.15, 0.2) is 22.8 Å². The third kappa shape index (κ3) is 5.23. The first-order chi connectivity index (χ1) is 7.72. The lowest BCUT2D eigenvalue weighted by Crippen LogP contribution is -2.26. The van der Waals surface area contributed by atoms with Gasteiger partial charge in [-0.15, -0.1) is 0 Å². The molecule has 1 amide bonds. The summed E-state index contributed by atoms with van der Waals surface area (Å²) in [5.74, 6) is 2.06. The topological polar surface area (TPSA) is 68.3 Å². The Bertz CT molecular complexity index is 301. The molecular formula is C11H18N2O2S. The molecule has 0 aliphatic heterocycles. The second-order valence-electron chi connectivity index (χ2n) is 3.54. The Labute approximate surface area is 100.0 Å². The maximum atomic E-state index is 11.4. The minimum absolute atomic E-state index is 0.0182. The quantitative estimate of drug-likeness (QED) is 0.757. The molecule has 0 aromatic carbocycles. The molecule has 1 unspecified atom stereocenters. The van der Waals surface area contributed by atoms with Crippen LogP contribution in [-0.4, -0.2) is 23.5 Å². The van der Waals surface area contributed by atoms with Crippen LogP contribution in [0.25, 0.3) is 0 Å². The Morgan fingerprint density at radius 1 is 1.69 bits per heavy atom. The van der Waals surface area contributed by atoms with Gasteiger partial charge in [0.05, 0.1) is 18.6 Å². The van der Waals surface area contributed by atoms with Crippen molar-refractivity contribution >= 4 is 17.7 Å². The molecular weight excluding hydrogens is 224 g/mol. The molecule has 0 saturated carbocycles. The maximum Gasteiger partial charge on any atom is 0.230 e. The molecule has 5 heteroatoms. The summed E-state index contributed by atoms with van der Waals surface area (Å²) in [6.45, 7) is 2.49. The van der Waals surface area contributed by atoms with Crippen LogP contribution >= 0.6 is 11.8 Å². The van der Waals surface area contributed by atoms with Gasteiger partial charge in [-0.25, -0.2) is 0 Å². The smallest absolute Gasteiger partial charge is 0.230 e. The van der Waals surface area contributed by atoms with Crippen molar-refractivity contribution in [2.24, 2.45) is 5.73 Å². The lowest BCUT2D eigenvalue weighted by atomic mass is 10.3. The predicted octanol–water partition coefficient (Wildman–Crippen LogP) is 1.37. The van der Waals surface area contributed by atoms with Gasteiger partial charge in [0.15, 0.2) is 0 Å². The summed E-state index contributed by atoms with van der Waals surface area (Å²) >= 11 is 1.56. The highest BCUT2D eigenvalue weighted by Crippen LogP contribution is 2.04. The molecule has 1 heterocycles. The van der Waals surface area contributed by atoms with Crippen molar-refractivity contribution in [3.63, 3.8) is 0 Å². The molecule has 4 nitrogen and oxygen atoms in total. The van der Waals surface area contributed by atoms with Crippen LogP contribution in [0.1, 0.15) is 19.1 Å². The number of nitrogens with one attached hydrogen (secondary N) is 1. The van der Waals surface area contributed by atoms with Gasteiger partial charge in [0.25, 0.3) is 0 Å². The molecule has 0 spiro atoms. The van der Waals surface area contributed by atoms with Crippen molar-refractivity contribution in [3.05, 3.63) is 24.2 Å². The number of carbonyl (C=O) groups is 1. The van der Waals surface area contributed by atoms with Crippen LogP contribution in [0.5, 0.6) is 0 Å². The summed E-state index contributed by atoms with van der Waals surface area (Å²) in [5, 5.41) is 2.78. The Hall–Kier alpha value is -0.940. The van der Waals surface area contributed by atoms with Gasteiger partial charge in [0.2, 0.25) is 5.91 Å². The van der Waals surface area contributed by atoms with E-state index in [0.717, 1.165) is 17.9 Å². The van der Waals surface area contributed by atoms with E-state index in [1.165, 1.54) is 0 Å². The summed E-state index contributed by atoms with van der Waals surface area (Å²) in [6, 6.07) is 3.82. The number of thioether (sulfide) groups is 1. The van der Waals surface area contributed by atoms with Crippen molar-refractivity contribution < 1.29 is 9.21 Å². The van der Waals surface area contributed by atoms with E-state index >= 15 is 0 Å². The Kier molecular flexibility index (Phi) is 6.03. The van der Waals surface area contributed by atoms with Crippen LogP contribution in [0.2, 0.25) is 0 Å². The first kappa shape index (κ1) is 13.1. The molecule has 0 aliphatic carbocycles. The second-order valence-corrected chi connectivity index (χ2v) is 4.57. The van der Waals surface area contributed by atoms with E-state index in [1.54, 1.807) is 24.1 Å². The fraction of sp³-hybridized carbons (Fsp3) is 0.545. The molecule has 16 heavy (non-hydrogen) atoms. The Balaban J connectivity index is 2.07. The molecule has 1 rings (SSSR count). The van der Waals surface area contributed by atoms with Crippen LogP contribution in [-0.2, 0) is 11.3 Å². The van der Waals surface area contributed by atoms with Crippen LogP contribution in [0.4, 0.5) is 0 Å². The number of hydrogen-bond acceptors (Lipinski definition) is 4. The fourth-order valence-corrected chi connectivity index (χ4v) is 2.01. The number of amides is 1. The zero-order chi connectivity index (χ0) is 11.8. The van der Waals surface area contributed by atoms with Gasteiger partial charge >= 0.3 is 0 Å². The zero-order valence-corrected chi connectivity index (χ0v) is 10.3. The highest BCUT2D eigenvalue weighted by molar-refractivity contribution is 7.99. The van der Waals surface area contributed by atoms with Crippen LogP contribution in [0, 0.1) is 0 Å². The number of carbonyl (C=O) groups excluding carboxylic acids is 1. The zero-order valence-electron chi connectivity index (χ0n) is 9.44. The van der Waals surface area contributed by atoms with E-state index in [4.69, 9.17) is 10.2 Å². The van der Waals surface area contributed by atoms with Gasteiger partial charge in [-0.05, 0) is 18.6 Å². The second kappa shape index (κ2) is 7.35. The van der Waals surface area contributed by atoms with E-state index in [9.17, 15) is 4.79 Å². The minimum Gasteiger partial charge on any atom is -0.467 e. The molecule has 90 valence electrons. The number of furan rings is 1. The van der Waals surface area contributed by atoms with Gasteiger partial charge in [0.1, 0.15) is 5.76 Å². The summed E-state index contributed by atoms with van der Waals surface area (Å²) in [7, 11) is 0. The molecule has 0 bridgehead atoms.